The molecular weight excluding hydrogens is 135 g/mol. The molecule has 0 aliphatic rings. The molecule has 0 aromatic rings. The van der Waals surface area contributed by atoms with E-state index in [0.717, 1.165) is 25.9 Å². The highest BCUT2D eigenvalue weighted by Crippen LogP contribution is 1.99. The van der Waals surface area contributed by atoms with Crippen LogP contribution in [0, 0.1) is 0 Å². The third kappa shape index (κ3) is 5.28. The molecule has 2 nitrogen and oxygen atoms in total. The van der Waals surface area contributed by atoms with Gasteiger partial charge in [-0.25, -0.2) is 0 Å². The predicted octanol–water partition coefficient (Wildman–Crippen LogP) is 0.780. The third-order valence-corrected chi connectivity index (χ3v) is 1.86. The second-order valence-electron chi connectivity index (χ2n) is 2.98. The van der Waals surface area contributed by atoms with Crippen molar-refractivity contribution in [3.05, 3.63) is 0 Å². The lowest BCUT2D eigenvalue weighted by molar-refractivity contribution is 0.339. The zero-order valence-corrected chi connectivity index (χ0v) is 7.93. The molecule has 1 atom stereocenters. The van der Waals surface area contributed by atoms with Crippen LogP contribution in [0.15, 0.2) is 0 Å². The molecule has 0 rings (SSSR count). The maximum atomic E-state index is 5.77. The molecule has 1 N–H and O–H groups in total. The summed E-state index contributed by atoms with van der Waals surface area (Å²) in [4.78, 5) is 1.91. The second kappa shape index (κ2) is 6.68. The monoisotopic (exact) mass is 154 g/mol. The fourth-order valence-corrected chi connectivity index (χ4v) is 0.998. The molecule has 1 unspecified atom stereocenters. The first-order valence-corrected chi connectivity index (χ1v) is 4.38. The Kier molecular flexibility index (Phi) is 6.67. The summed E-state index contributed by atoms with van der Waals surface area (Å²) in [6.45, 7) is 6.33. The molecule has 0 saturated carbocycles. The molecule has 64 valence electrons. The SMILES string of the molecule is [B]N(CCC)C(C)CCNC. The highest BCUT2D eigenvalue weighted by molar-refractivity contribution is 6.04. The Hall–Kier alpha value is -0.0151. The van der Waals surface area contributed by atoms with Crippen molar-refractivity contribution in [3.8, 4) is 0 Å². The zero-order chi connectivity index (χ0) is 8.69. The van der Waals surface area contributed by atoms with Crippen molar-refractivity contribution in [3.63, 3.8) is 0 Å². The number of hydrogen-bond donors (Lipinski definition) is 1. The van der Waals surface area contributed by atoms with Gasteiger partial charge < -0.3 is 10.1 Å². The van der Waals surface area contributed by atoms with Crippen molar-refractivity contribution in [1.82, 2.24) is 10.1 Å². The predicted molar refractivity (Wildman–Crippen MR) is 50.8 cm³/mol. The van der Waals surface area contributed by atoms with Gasteiger partial charge in [-0.3, -0.25) is 0 Å². The molecule has 11 heavy (non-hydrogen) atoms. The van der Waals surface area contributed by atoms with Crippen molar-refractivity contribution < 1.29 is 0 Å². The van der Waals surface area contributed by atoms with Gasteiger partial charge in [0.25, 0.3) is 0 Å². The Morgan fingerprint density at radius 2 is 2.18 bits per heavy atom. The number of nitrogens with one attached hydrogen (secondary N) is 1. The van der Waals surface area contributed by atoms with Crippen LogP contribution in [0.4, 0.5) is 0 Å². The fourth-order valence-electron chi connectivity index (χ4n) is 0.998. The normalized spacial score (nSPS) is 13.8. The number of nitrogens with zero attached hydrogens (tertiary/aromatic N) is 1. The van der Waals surface area contributed by atoms with E-state index < -0.39 is 0 Å². The van der Waals surface area contributed by atoms with E-state index in [1.807, 2.05) is 11.9 Å². The molecule has 3 heteroatoms. The van der Waals surface area contributed by atoms with Crippen LogP contribution in [-0.4, -0.2) is 39.0 Å². The Balaban J connectivity index is 3.38. The average Bonchev–Trinajstić information content (AvgIpc) is 2.00. The summed E-state index contributed by atoms with van der Waals surface area (Å²) in [6.07, 6.45) is 2.24. The van der Waals surface area contributed by atoms with Gasteiger partial charge in [0.2, 0.25) is 0 Å². The maximum absolute atomic E-state index is 5.77. The Morgan fingerprint density at radius 3 is 2.64 bits per heavy atom. The summed E-state index contributed by atoms with van der Waals surface area (Å²) in [5.41, 5.74) is 0. The first kappa shape index (κ1) is 11.0. The van der Waals surface area contributed by atoms with E-state index >= 15 is 0 Å². The molecule has 0 aromatic carbocycles. The van der Waals surface area contributed by atoms with Gasteiger partial charge in [-0.1, -0.05) is 13.8 Å². The van der Waals surface area contributed by atoms with Crippen LogP contribution in [0.1, 0.15) is 26.7 Å². The molecule has 0 heterocycles. The van der Waals surface area contributed by atoms with Crippen molar-refractivity contribution in [2.45, 2.75) is 32.7 Å². The first-order chi connectivity index (χ1) is 5.22. The third-order valence-electron chi connectivity index (χ3n) is 1.86. The van der Waals surface area contributed by atoms with Crippen LogP contribution in [0.2, 0.25) is 0 Å². The summed E-state index contributed by atoms with van der Waals surface area (Å²) in [5, 5.41) is 3.11. The smallest absolute Gasteiger partial charge is 0.182 e. The van der Waals surface area contributed by atoms with E-state index in [2.05, 4.69) is 19.2 Å². The van der Waals surface area contributed by atoms with E-state index in [0.29, 0.717) is 6.04 Å². The van der Waals surface area contributed by atoms with Crippen LogP contribution in [0.5, 0.6) is 0 Å². The topological polar surface area (TPSA) is 15.3 Å². The number of rotatable bonds is 6. The van der Waals surface area contributed by atoms with Crippen molar-refractivity contribution in [2.24, 2.45) is 0 Å². The van der Waals surface area contributed by atoms with E-state index in [4.69, 9.17) is 7.98 Å². The molecule has 0 aromatic heterocycles. The van der Waals surface area contributed by atoms with Gasteiger partial charge in [-0.2, -0.15) is 0 Å². The minimum Gasteiger partial charge on any atom is -0.351 e. The summed E-state index contributed by atoms with van der Waals surface area (Å²) in [6, 6.07) is 0.488. The molecule has 0 bridgehead atoms. The van der Waals surface area contributed by atoms with Gasteiger partial charge in [0.15, 0.2) is 7.98 Å². The average molecular weight is 154 g/mol. The van der Waals surface area contributed by atoms with Gasteiger partial charge in [-0.15, -0.1) is 0 Å². The van der Waals surface area contributed by atoms with E-state index in [1.165, 1.54) is 0 Å². The maximum Gasteiger partial charge on any atom is 0.182 e. The molecule has 2 radical (unpaired) electrons. The van der Waals surface area contributed by atoms with E-state index in [9.17, 15) is 0 Å². The van der Waals surface area contributed by atoms with Gasteiger partial charge in [-0.05, 0) is 39.0 Å². The minimum atomic E-state index is 0.488. The second-order valence-corrected chi connectivity index (χ2v) is 2.98. The molecule has 0 aliphatic carbocycles. The van der Waals surface area contributed by atoms with E-state index in [-0.39, 0.29) is 0 Å². The van der Waals surface area contributed by atoms with Gasteiger partial charge in [0.05, 0.1) is 0 Å². The van der Waals surface area contributed by atoms with Crippen molar-refractivity contribution >= 4 is 7.98 Å². The summed E-state index contributed by atoms with van der Waals surface area (Å²) in [7, 11) is 7.74. The molecular formula is C8H19BN2. The largest absolute Gasteiger partial charge is 0.351 e. The van der Waals surface area contributed by atoms with Gasteiger partial charge >= 0.3 is 0 Å². The highest BCUT2D eigenvalue weighted by Gasteiger charge is 2.05. The van der Waals surface area contributed by atoms with Gasteiger partial charge in [0, 0.05) is 0 Å². The Bertz CT molecular complexity index is 88.2. The van der Waals surface area contributed by atoms with Crippen LogP contribution in [-0.2, 0) is 0 Å². The fraction of sp³-hybridized carbons (Fsp3) is 1.00. The lowest BCUT2D eigenvalue weighted by atomic mass is 10.1. The molecule has 0 amide bonds. The quantitative estimate of drug-likeness (QED) is 0.568. The molecule has 0 spiro atoms. The summed E-state index contributed by atoms with van der Waals surface area (Å²) < 4.78 is 0. The number of hydrogen-bond acceptors (Lipinski definition) is 2. The van der Waals surface area contributed by atoms with Gasteiger partial charge in [0.1, 0.15) is 0 Å². The lowest BCUT2D eigenvalue weighted by Gasteiger charge is -2.24. The molecule has 0 aliphatic heterocycles. The Labute approximate surface area is 71.8 Å². The lowest BCUT2D eigenvalue weighted by Crippen LogP contribution is -2.33. The standard InChI is InChI=1S/C8H19BN2/c1-4-7-11(9)8(2)5-6-10-3/h8,10H,4-7H2,1-3H3. The van der Waals surface area contributed by atoms with Crippen molar-refractivity contribution in [2.75, 3.05) is 20.1 Å². The molecule has 0 saturated heterocycles. The minimum absolute atomic E-state index is 0.488. The van der Waals surface area contributed by atoms with Crippen LogP contribution < -0.4 is 5.32 Å². The Morgan fingerprint density at radius 1 is 1.55 bits per heavy atom. The first-order valence-electron chi connectivity index (χ1n) is 4.38. The van der Waals surface area contributed by atoms with Crippen LogP contribution in [0.3, 0.4) is 0 Å². The summed E-state index contributed by atoms with van der Waals surface area (Å²) >= 11 is 0. The molecule has 0 fully saturated rings. The van der Waals surface area contributed by atoms with Crippen LogP contribution in [0.25, 0.3) is 0 Å². The van der Waals surface area contributed by atoms with E-state index in [1.54, 1.807) is 0 Å². The van der Waals surface area contributed by atoms with Crippen molar-refractivity contribution in [1.29, 1.82) is 0 Å². The summed E-state index contributed by atoms with van der Waals surface area (Å²) in [5.74, 6) is 0. The zero-order valence-electron chi connectivity index (χ0n) is 7.93. The van der Waals surface area contributed by atoms with Crippen LogP contribution >= 0.6 is 0 Å². The highest BCUT2D eigenvalue weighted by atomic mass is 15.1.